The molecular formula is C14H22F3N3O4. The largest absolute Gasteiger partial charge is 0.463 e. The first-order valence-corrected chi connectivity index (χ1v) is 7.68. The van der Waals surface area contributed by atoms with Crippen molar-refractivity contribution in [2.75, 3.05) is 19.6 Å². The van der Waals surface area contributed by atoms with Crippen LogP contribution in [0.4, 0.5) is 18.0 Å². The average Bonchev–Trinajstić information content (AvgIpc) is 2.92. The van der Waals surface area contributed by atoms with Gasteiger partial charge in [-0.25, -0.2) is 4.79 Å². The smallest absolute Gasteiger partial charge is 0.405 e. The van der Waals surface area contributed by atoms with Crippen LogP contribution in [0.15, 0.2) is 0 Å². The summed E-state index contributed by atoms with van der Waals surface area (Å²) in [7, 11) is 0. The number of esters is 1. The number of ether oxygens (including phenoxy) is 1. The number of halogens is 3. The summed E-state index contributed by atoms with van der Waals surface area (Å²) in [5, 5.41) is 4.26. The van der Waals surface area contributed by atoms with Gasteiger partial charge in [-0.1, -0.05) is 0 Å². The Balaban J connectivity index is 2.42. The molecule has 1 fully saturated rings. The quantitative estimate of drug-likeness (QED) is 0.702. The molecule has 3 amide bonds. The number of nitrogens with one attached hydrogen (secondary N) is 2. The van der Waals surface area contributed by atoms with Gasteiger partial charge >= 0.3 is 18.2 Å². The molecule has 0 aromatic rings. The normalized spacial score (nSPS) is 17.8. The fraction of sp³-hybridized carbons (Fsp3) is 0.786. The second-order valence-corrected chi connectivity index (χ2v) is 5.70. The topological polar surface area (TPSA) is 87.7 Å². The van der Waals surface area contributed by atoms with E-state index >= 15 is 0 Å². The van der Waals surface area contributed by atoms with E-state index in [1.807, 2.05) is 0 Å². The van der Waals surface area contributed by atoms with Gasteiger partial charge in [0.15, 0.2) is 0 Å². The molecule has 1 aliphatic heterocycles. The molecule has 1 saturated heterocycles. The highest BCUT2D eigenvalue weighted by Crippen LogP contribution is 2.18. The van der Waals surface area contributed by atoms with Crippen molar-refractivity contribution >= 4 is 17.9 Å². The minimum Gasteiger partial charge on any atom is -0.463 e. The molecule has 0 aromatic heterocycles. The second-order valence-electron chi connectivity index (χ2n) is 5.70. The lowest BCUT2D eigenvalue weighted by molar-refractivity contribution is -0.147. The fourth-order valence-electron chi connectivity index (χ4n) is 2.28. The number of urea groups is 1. The van der Waals surface area contributed by atoms with Crippen molar-refractivity contribution in [3.05, 3.63) is 0 Å². The monoisotopic (exact) mass is 353 g/mol. The van der Waals surface area contributed by atoms with Gasteiger partial charge in [0.25, 0.3) is 0 Å². The van der Waals surface area contributed by atoms with E-state index in [4.69, 9.17) is 4.74 Å². The minimum atomic E-state index is -4.50. The van der Waals surface area contributed by atoms with Crippen LogP contribution in [0.2, 0.25) is 0 Å². The van der Waals surface area contributed by atoms with Crippen molar-refractivity contribution in [3.63, 3.8) is 0 Å². The van der Waals surface area contributed by atoms with Gasteiger partial charge in [0, 0.05) is 13.1 Å². The third-order valence-electron chi connectivity index (χ3n) is 3.25. The molecule has 10 heteroatoms. The molecule has 0 bridgehead atoms. The second kappa shape index (κ2) is 8.74. The summed E-state index contributed by atoms with van der Waals surface area (Å²) in [6.45, 7) is 2.26. The number of likely N-dealkylation sites (tertiary alicyclic amines) is 1. The number of carbonyl (C=O) groups excluding carboxylic acids is 3. The summed E-state index contributed by atoms with van der Waals surface area (Å²) in [5.74, 6) is -1.30. The van der Waals surface area contributed by atoms with Crippen LogP contribution in [0, 0.1) is 0 Å². The summed E-state index contributed by atoms with van der Waals surface area (Å²) in [6.07, 6.45) is -3.96. The molecule has 0 spiro atoms. The van der Waals surface area contributed by atoms with Gasteiger partial charge in [0.05, 0.1) is 12.5 Å². The van der Waals surface area contributed by atoms with Crippen LogP contribution in [0.1, 0.15) is 33.1 Å². The lowest BCUT2D eigenvalue weighted by atomic mass is 10.2. The van der Waals surface area contributed by atoms with Crippen LogP contribution in [-0.2, 0) is 14.3 Å². The Hall–Kier alpha value is -2.00. The lowest BCUT2D eigenvalue weighted by Gasteiger charge is -2.24. The summed E-state index contributed by atoms with van der Waals surface area (Å²) in [4.78, 5) is 36.4. The molecule has 0 aliphatic carbocycles. The van der Waals surface area contributed by atoms with E-state index in [1.165, 1.54) is 4.90 Å². The molecule has 138 valence electrons. The first-order chi connectivity index (χ1) is 11.1. The molecule has 0 radical (unpaired) electrons. The number of hydrogen-bond donors (Lipinski definition) is 2. The van der Waals surface area contributed by atoms with E-state index in [9.17, 15) is 27.6 Å². The first-order valence-electron chi connectivity index (χ1n) is 7.68. The van der Waals surface area contributed by atoms with Crippen LogP contribution in [0.5, 0.6) is 0 Å². The van der Waals surface area contributed by atoms with E-state index in [0.29, 0.717) is 12.8 Å². The van der Waals surface area contributed by atoms with Crippen LogP contribution >= 0.6 is 0 Å². The summed E-state index contributed by atoms with van der Waals surface area (Å²) in [5.41, 5.74) is 0. The van der Waals surface area contributed by atoms with Gasteiger partial charge in [0.2, 0.25) is 5.91 Å². The molecule has 2 N–H and O–H groups in total. The van der Waals surface area contributed by atoms with Crippen molar-refractivity contribution in [1.29, 1.82) is 0 Å². The van der Waals surface area contributed by atoms with Gasteiger partial charge in [0.1, 0.15) is 12.6 Å². The van der Waals surface area contributed by atoms with Crippen LogP contribution < -0.4 is 10.6 Å². The van der Waals surface area contributed by atoms with Crippen molar-refractivity contribution in [2.24, 2.45) is 0 Å². The van der Waals surface area contributed by atoms with E-state index in [0.717, 1.165) is 0 Å². The number of alkyl halides is 3. The Morgan fingerprint density at radius 3 is 2.50 bits per heavy atom. The highest BCUT2D eigenvalue weighted by Gasteiger charge is 2.36. The Morgan fingerprint density at radius 1 is 1.25 bits per heavy atom. The molecule has 1 heterocycles. The third kappa shape index (κ3) is 7.05. The van der Waals surface area contributed by atoms with Crippen LogP contribution in [0.25, 0.3) is 0 Å². The zero-order chi connectivity index (χ0) is 18.3. The maximum atomic E-state index is 12.1. The first kappa shape index (κ1) is 20.0. The van der Waals surface area contributed by atoms with Crippen LogP contribution in [0.3, 0.4) is 0 Å². The third-order valence-corrected chi connectivity index (χ3v) is 3.25. The summed E-state index contributed by atoms with van der Waals surface area (Å²) in [6, 6.07) is -1.52. The summed E-state index contributed by atoms with van der Waals surface area (Å²) >= 11 is 0. The zero-order valence-electron chi connectivity index (χ0n) is 13.6. The van der Waals surface area contributed by atoms with Gasteiger partial charge < -0.3 is 20.3 Å². The zero-order valence-corrected chi connectivity index (χ0v) is 13.6. The van der Waals surface area contributed by atoms with E-state index in [1.54, 1.807) is 19.2 Å². The van der Waals surface area contributed by atoms with E-state index in [2.05, 4.69) is 5.32 Å². The van der Waals surface area contributed by atoms with Crippen molar-refractivity contribution in [3.8, 4) is 0 Å². The predicted molar refractivity (Wildman–Crippen MR) is 78.0 cm³/mol. The molecule has 7 nitrogen and oxygen atoms in total. The SMILES string of the molecule is CC(C)OC(=O)CCNC(=O)N1CCCC1C(=O)NCC(F)(F)F. The highest BCUT2D eigenvalue weighted by atomic mass is 19.4. The molecule has 24 heavy (non-hydrogen) atoms. The number of amides is 3. The van der Waals surface area contributed by atoms with Gasteiger partial charge in [-0.15, -0.1) is 0 Å². The van der Waals surface area contributed by atoms with E-state index < -0.39 is 36.7 Å². The Labute approximate surface area is 137 Å². The molecule has 0 aromatic carbocycles. The highest BCUT2D eigenvalue weighted by molar-refractivity contribution is 5.87. The predicted octanol–water partition coefficient (Wildman–Crippen LogP) is 1.18. The molecule has 1 rings (SSSR count). The van der Waals surface area contributed by atoms with Gasteiger partial charge in [-0.05, 0) is 26.7 Å². The van der Waals surface area contributed by atoms with E-state index in [-0.39, 0.29) is 25.6 Å². The number of carbonyl (C=O) groups is 3. The molecule has 0 saturated carbocycles. The Bertz CT molecular complexity index is 469. The number of rotatable bonds is 6. The standard InChI is InChI=1S/C14H22F3N3O4/c1-9(2)24-11(21)5-6-18-13(23)20-7-3-4-10(20)12(22)19-8-14(15,16)17/h9-10H,3-8H2,1-2H3,(H,18,23)(H,19,22). The number of nitrogens with zero attached hydrogens (tertiary/aromatic N) is 1. The molecule has 1 unspecified atom stereocenters. The van der Waals surface area contributed by atoms with Gasteiger partial charge in [-0.3, -0.25) is 9.59 Å². The van der Waals surface area contributed by atoms with Crippen molar-refractivity contribution in [1.82, 2.24) is 15.5 Å². The molecule has 1 atom stereocenters. The molecular weight excluding hydrogens is 331 g/mol. The van der Waals surface area contributed by atoms with Crippen molar-refractivity contribution < 1.29 is 32.3 Å². The maximum Gasteiger partial charge on any atom is 0.405 e. The average molecular weight is 353 g/mol. The Morgan fingerprint density at radius 2 is 1.92 bits per heavy atom. The number of hydrogen-bond acceptors (Lipinski definition) is 4. The Kier molecular flexibility index (Phi) is 7.30. The maximum absolute atomic E-state index is 12.1. The van der Waals surface area contributed by atoms with Crippen LogP contribution in [-0.4, -0.2) is 60.8 Å². The van der Waals surface area contributed by atoms with Crippen molar-refractivity contribution in [2.45, 2.75) is 51.4 Å². The van der Waals surface area contributed by atoms with Gasteiger partial charge in [-0.2, -0.15) is 13.2 Å². The fourth-order valence-corrected chi connectivity index (χ4v) is 2.28. The lowest BCUT2D eigenvalue weighted by Crippen LogP contribution is -2.51. The summed E-state index contributed by atoms with van der Waals surface area (Å²) < 4.78 is 41.3. The molecule has 1 aliphatic rings. The minimum absolute atomic E-state index is 0.0251.